The quantitative estimate of drug-likeness (QED) is 0.472. The van der Waals surface area contributed by atoms with Crippen LogP contribution in [0.15, 0.2) is 18.2 Å². The molecule has 156 valence electrons. The van der Waals surface area contributed by atoms with Gasteiger partial charge in [0.2, 0.25) is 0 Å². The van der Waals surface area contributed by atoms with Crippen LogP contribution in [-0.2, 0) is 11.7 Å². The maximum Gasteiger partial charge on any atom is 0.419 e. The van der Waals surface area contributed by atoms with Crippen molar-refractivity contribution < 1.29 is 17.9 Å². The number of halogens is 3. The molecule has 2 rings (SSSR count). The zero-order valence-corrected chi connectivity index (χ0v) is 17.4. The fraction of sp³-hybridized carbons (Fsp3) is 0.600. The molecule has 0 bridgehead atoms. The minimum Gasteiger partial charge on any atom is -0.493 e. The van der Waals surface area contributed by atoms with Crippen molar-refractivity contribution >= 4 is 11.3 Å². The van der Waals surface area contributed by atoms with Gasteiger partial charge in [0.05, 0.1) is 17.7 Å². The van der Waals surface area contributed by atoms with Crippen molar-refractivity contribution in [3.05, 3.63) is 28.8 Å². The molecular weight excluding hydrogens is 387 g/mol. The van der Waals surface area contributed by atoms with E-state index in [1.54, 1.807) is 19.9 Å². The number of aromatic nitrogens is 2. The lowest BCUT2D eigenvalue weighted by atomic mass is 10.1. The molecule has 0 amide bonds. The van der Waals surface area contributed by atoms with Gasteiger partial charge in [0.25, 0.3) is 0 Å². The SMILES string of the molecule is CCCCCCCCOc1ccc(-c2nnc(C(C)(C)N)s2)cc1C(F)(F)F. The third kappa shape index (κ3) is 6.44. The van der Waals surface area contributed by atoms with Crippen molar-refractivity contribution in [2.24, 2.45) is 5.73 Å². The van der Waals surface area contributed by atoms with E-state index in [0.29, 0.717) is 15.6 Å². The van der Waals surface area contributed by atoms with Crippen LogP contribution in [0.25, 0.3) is 10.6 Å². The van der Waals surface area contributed by atoms with Crippen LogP contribution < -0.4 is 10.5 Å². The normalized spacial score (nSPS) is 12.4. The summed E-state index contributed by atoms with van der Waals surface area (Å²) in [6.07, 6.45) is 1.79. The number of nitrogens with zero attached hydrogens (tertiary/aromatic N) is 2. The largest absolute Gasteiger partial charge is 0.493 e. The second-order valence-corrected chi connectivity index (χ2v) is 8.44. The Morgan fingerprint density at radius 2 is 1.71 bits per heavy atom. The Morgan fingerprint density at radius 1 is 1.04 bits per heavy atom. The molecule has 2 N–H and O–H groups in total. The third-order valence-electron chi connectivity index (χ3n) is 4.26. The summed E-state index contributed by atoms with van der Waals surface area (Å²) in [5, 5.41) is 8.97. The Balaban J connectivity index is 2.10. The van der Waals surface area contributed by atoms with Crippen LogP contribution in [0, 0.1) is 0 Å². The lowest BCUT2D eigenvalue weighted by molar-refractivity contribution is -0.138. The number of hydrogen-bond acceptors (Lipinski definition) is 5. The monoisotopic (exact) mass is 415 g/mol. The highest BCUT2D eigenvalue weighted by Crippen LogP contribution is 2.39. The Kier molecular flexibility index (Phi) is 7.83. The molecule has 0 saturated heterocycles. The van der Waals surface area contributed by atoms with E-state index in [0.717, 1.165) is 38.2 Å². The van der Waals surface area contributed by atoms with Gasteiger partial charge in [0.1, 0.15) is 15.8 Å². The summed E-state index contributed by atoms with van der Waals surface area (Å²) in [5.74, 6) is -0.145. The summed E-state index contributed by atoms with van der Waals surface area (Å²) in [6.45, 7) is 5.97. The molecule has 0 saturated carbocycles. The van der Waals surface area contributed by atoms with Crippen LogP contribution in [0.1, 0.15) is 69.9 Å². The van der Waals surface area contributed by atoms with Crippen LogP contribution in [0.3, 0.4) is 0 Å². The molecule has 4 nitrogen and oxygen atoms in total. The first-order valence-electron chi connectivity index (χ1n) is 9.60. The van der Waals surface area contributed by atoms with Gasteiger partial charge in [-0.05, 0) is 38.5 Å². The van der Waals surface area contributed by atoms with E-state index in [2.05, 4.69) is 17.1 Å². The minimum atomic E-state index is -4.51. The highest BCUT2D eigenvalue weighted by atomic mass is 32.1. The van der Waals surface area contributed by atoms with E-state index in [9.17, 15) is 13.2 Å². The van der Waals surface area contributed by atoms with E-state index in [1.807, 2.05) is 0 Å². The molecule has 1 heterocycles. The lowest BCUT2D eigenvalue weighted by Crippen LogP contribution is -2.28. The molecule has 1 aromatic carbocycles. The summed E-state index contributed by atoms with van der Waals surface area (Å²) in [4.78, 5) is 0. The molecular formula is C20H28F3N3OS. The van der Waals surface area contributed by atoms with Crippen LogP contribution >= 0.6 is 11.3 Å². The minimum absolute atomic E-state index is 0.145. The molecule has 28 heavy (non-hydrogen) atoms. The number of benzene rings is 1. The van der Waals surface area contributed by atoms with Crippen molar-refractivity contribution in [3.8, 4) is 16.3 Å². The molecule has 0 fully saturated rings. The van der Waals surface area contributed by atoms with Gasteiger partial charge in [-0.1, -0.05) is 50.4 Å². The Hall–Kier alpha value is -1.67. The maximum atomic E-state index is 13.5. The molecule has 0 radical (unpaired) electrons. The van der Waals surface area contributed by atoms with E-state index >= 15 is 0 Å². The summed E-state index contributed by atoms with van der Waals surface area (Å²) >= 11 is 1.19. The molecule has 0 unspecified atom stereocenters. The van der Waals surface area contributed by atoms with E-state index < -0.39 is 17.3 Å². The first kappa shape index (κ1) is 22.6. The molecule has 0 spiro atoms. The molecule has 0 aliphatic heterocycles. The van der Waals surface area contributed by atoms with Gasteiger partial charge in [-0.25, -0.2) is 0 Å². The molecule has 0 aliphatic rings. The Morgan fingerprint density at radius 3 is 2.32 bits per heavy atom. The molecule has 0 aliphatic carbocycles. The van der Waals surface area contributed by atoms with Gasteiger partial charge in [-0.15, -0.1) is 10.2 Å². The average Bonchev–Trinajstić information content (AvgIpc) is 3.11. The van der Waals surface area contributed by atoms with Crippen LogP contribution in [-0.4, -0.2) is 16.8 Å². The van der Waals surface area contributed by atoms with Crippen molar-refractivity contribution in [2.75, 3.05) is 6.61 Å². The number of ether oxygens (including phenoxy) is 1. The first-order valence-corrected chi connectivity index (χ1v) is 10.4. The summed E-state index contributed by atoms with van der Waals surface area (Å²) in [6, 6.07) is 4.02. The fourth-order valence-electron chi connectivity index (χ4n) is 2.68. The smallest absolute Gasteiger partial charge is 0.419 e. The van der Waals surface area contributed by atoms with E-state index in [-0.39, 0.29) is 12.4 Å². The first-order chi connectivity index (χ1) is 13.1. The number of alkyl halides is 3. The van der Waals surface area contributed by atoms with Crippen LogP contribution in [0.2, 0.25) is 0 Å². The lowest BCUT2D eigenvalue weighted by Gasteiger charge is -2.15. The van der Waals surface area contributed by atoms with Crippen LogP contribution in [0.5, 0.6) is 5.75 Å². The zero-order chi connectivity index (χ0) is 20.8. The highest BCUT2D eigenvalue weighted by molar-refractivity contribution is 7.14. The van der Waals surface area contributed by atoms with E-state index in [1.165, 1.54) is 23.8 Å². The Bertz CT molecular complexity index is 754. The Labute approximate surface area is 168 Å². The van der Waals surface area contributed by atoms with Gasteiger partial charge < -0.3 is 10.5 Å². The van der Waals surface area contributed by atoms with Gasteiger partial charge in [-0.3, -0.25) is 0 Å². The van der Waals surface area contributed by atoms with Crippen LogP contribution in [0.4, 0.5) is 13.2 Å². The van der Waals surface area contributed by atoms with Gasteiger partial charge in [0, 0.05) is 5.56 Å². The molecule has 8 heteroatoms. The number of nitrogens with two attached hydrogens (primary N) is 1. The number of unbranched alkanes of at least 4 members (excludes halogenated alkanes) is 5. The summed E-state index contributed by atoms with van der Waals surface area (Å²) < 4.78 is 46.0. The van der Waals surface area contributed by atoms with Gasteiger partial charge >= 0.3 is 6.18 Å². The third-order valence-corrected chi connectivity index (χ3v) is 5.58. The van der Waals surface area contributed by atoms with Crippen molar-refractivity contribution in [1.82, 2.24) is 10.2 Å². The fourth-order valence-corrected chi connectivity index (χ4v) is 3.53. The second-order valence-electron chi connectivity index (χ2n) is 7.46. The topological polar surface area (TPSA) is 61.0 Å². The van der Waals surface area contributed by atoms with Gasteiger partial charge in [-0.2, -0.15) is 13.2 Å². The maximum absolute atomic E-state index is 13.5. The molecule has 2 aromatic rings. The number of hydrogen-bond donors (Lipinski definition) is 1. The van der Waals surface area contributed by atoms with Crippen molar-refractivity contribution in [2.45, 2.75) is 71.0 Å². The summed E-state index contributed by atoms with van der Waals surface area (Å²) in [7, 11) is 0. The van der Waals surface area contributed by atoms with Gasteiger partial charge in [0.15, 0.2) is 0 Å². The zero-order valence-electron chi connectivity index (χ0n) is 16.6. The van der Waals surface area contributed by atoms with Crippen molar-refractivity contribution in [1.29, 1.82) is 0 Å². The predicted octanol–water partition coefficient (Wildman–Crippen LogP) is 6.16. The standard InChI is InChI=1S/C20H28F3N3OS/c1-4-5-6-7-8-9-12-27-16-11-10-14(13-15(16)20(21,22)23)17-25-26-18(28-17)19(2,3)24/h10-11,13H,4-9,12,24H2,1-3H3. The predicted molar refractivity (Wildman–Crippen MR) is 106 cm³/mol. The summed E-state index contributed by atoms with van der Waals surface area (Å²) in [5.41, 5.74) is 4.86. The average molecular weight is 416 g/mol. The highest BCUT2D eigenvalue weighted by Gasteiger charge is 2.35. The number of rotatable bonds is 10. The molecule has 0 atom stereocenters. The second kappa shape index (κ2) is 9.69. The van der Waals surface area contributed by atoms with E-state index in [4.69, 9.17) is 10.5 Å². The molecule has 1 aromatic heterocycles. The van der Waals surface area contributed by atoms with Crippen molar-refractivity contribution in [3.63, 3.8) is 0 Å².